The Morgan fingerprint density at radius 1 is 1.27 bits per heavy atom. The van der Waals surface area contributed by atoms with E-state index in [0.29, 0.717) is 0 Å². The van der Waals surface area contributed by atoms with Gasteiger partial charge in [-0.05, 0) is 5.56 Å². The normalized spacial score (nSPS) is 26.0. The summed E-state index contributed by atoms with van der Waals surface area (Å²) in [5, 5.41) is 0. The molecular weight excluding hydrogens is 200 g/mol. The number of hydrogen-bond donors (Lipinski definition) is 0. The largest absolute Gasteiger partial charge is 0.333 e. The molecule has 15 heavy (non-hydrogen) atoms. The van der Waals surface area contributed by atoms with Crippen LogP contribution in [0.3, 0.4) is 0 Å². The summed E-state index contributed by atoms with van der Waals surface area (Å²) in [5.74, 6) is -0.744. The average Bonchev–Trinajstić information content (AvgIpc) is 2.48. The molecule has 1 amide bonds. The first-order valence-electron chi connectivity index (χ1n) is 4.79. The van der Waals surface area contributed by atoms with E-state index in [-0.39, 0.29) is 13.1 Å². The van der Waals surface area contributed by atoms with Crippen molar-refractivity contribution in [3.8, 4) is 0 Å². The van der Waals surface area contributed by atoms with Gasteiger partial charge in [0, 0.05) is 6.54 Å². The Morgan fingerprint density at radius 3 is 2.47 bits per heavy atom. The quantitative estimate of drug-likeness (QED) is 0.729. The molecule has 1 heterocycles. The lowest BCUT2D eigenvalue weighted by Crippen LogP contribution is -2.27. The van der Waals surface area contributed by atoms with E-state index in [0.717, 1.165) is 5.56 Å². The molecule has 2 rings (SSSR count). The zero-order valence-corrected chi connectivity index (χ0v) is 8.07. The number of alkyl halides is 2. The van der Waals surface area contributed by atoms with Crippen LogP contribution < -0.4 is 0 Å². The molecule has 0 aliphatic carbocycles. The molecule has 0 radical (unpaired) electrons. The third-order valence-corrected chi connectivity index (χ3v) is 2.48. The lowest BCUT2D eigenvalue weighted by molar-refractivity contribution is -0.132. The number of halogens is 2. The number of likely N-dealkylation sites (tertiary alicyclic amines) is 1. The van der Waals surface area contributed by atoms with Gasteiger partial charge in [0.25, 0.3) is 5.91 Å². The Balaban J connectivity index is 2.05. The van der Waals surface area contributed by atoms with E-state index >= 15 is 0 Å². The summed E-state index contributed by atoms with van der Waals surface area (Å²) in [4.78, 5) is 12.4. The monoisotopic (exact) mass is 211 g/mol. The number of benzene rings is 1. The van der Waals surface area contributed by atoms with Crippen LogP contribution in [0.1, 0.15) is 5.56 Å². The number of hydrogen-bond acceptors (Lipinski definition) is 1. The first kappa shape index (κ1) is 10.1. The van der Waals surface area contributed by atoms with Crippen LogP contribution in [0, 0.1) is 0 Å². The smallest absolute Gasteiger partial charge is 0.260 e. The first-order chi connectivity index (χ1) is 7.18. The lowest BCUT2D eigenvalue weighted by atomic mass is 10.2. The molecular formula is C11H11F2NO. The van der Waals surface area contributed by atoms with Gasteiger partial charge in [-0.25, -0.2) is 8.78 Å². The van der Waals surface area contributed by atoms with Crippen LogP contribution >= 0.6 is 0 Å². The van der Waals surface area contributed by atoms with Crippen molar-refractivity contribution >= 4 is 5.91 Å². The summed E-state index contributed by atoms with van der Waals surface area (Å²) in [7, 11) is 0. The molecule has 0 N–H and O–H groups in total. The fraction of sp³-hybridized carbons (Fsp3) is 0.364. The van der Waals surface area contributed by atoms with Gasteiger partial charge >= 0.3 is 0 Å². The fourth-order valence-corrected chi connectivity index (χ4v) is 1.67. The molecule has 1 aromatic carbocycles. The van der Waals surface area contributed by atoms with Gasteiger partial charge in [0.05, 0.1) is 6.54 Å². The predicted molar refractivity (Wildman–Crippen MR) is 51.7 cm³/mol. The van der Waals surface area contributed by atoms with Gasteiger partial charge in [0.15, 0.2) is 6.17 Å². The summed E-state index contributed by atoms with van der Waals surface area (Å²) >= 11 is 0. The van der Waals surface area contributed by atoms with Crippen LogP contribution in [0.15, 0.2) is 30.3 Å². The van der Waals surface area contributed by atoms with Gasteiger partial charge in [-0.1, -0.05) is 30.3 Å². The van der Waals surface area contributed by atoms with E-state index in [1.54, 1.807) is 0 Å². The summed E-state index contributed by atoms with van der Waals surface area (Å²) < 4.78 is 25.8. The number of nitrogens with zero attached hydrogens (tertiary/aromatic N) is 1. The van der Waals surface area contributed by atoms with E-state index in [1.165, 1.54) is 4.90 Å². The second kappa shape index (κ2) is 3.96. The van der Waals surface area contributed by atoms with Crippen LogP contribution in [-0.4, -0.2) is 29.7 Å². The fourth-order valence-electron chi connectivity index (χ4n) is 1.67. The van der Waals surface area contributed by atoms with E-state index in [9.17, 15) is 13.6 Å². The molecule has 2 nitrogen and oxygen atoms in total. The van der Waals surface area contributed by atoms with Crippen molar-refractivity contribution in [2.24, 2.45) is 0 Å². The second-order valence-electron chi connectivity index (χ2n) is 3.62. The molecule has 0 aromatic heterocycles. The number of carbonyl (C=O) groups excluding carboxylic acids is 1. The minimum absolute atomic E-state index is 0.144. The van der Waals surface area contributed by atoms with Gasteiger partial charge in [-0.2, -0.15) is 0 Å². The maximum Gasteiger partial charge on any atom is 0.260 e. The standard InChI is InChI=1S/C11H11F2NO/c12-9-7-14(11(15)10(9)13)6-8-4-2-1-3-5-8/h1-5,9-10H,6-7H2. The Morgan fingerprint density at radius 2 is 1.93 bits per heavy atom. The molecule has 0 spiro atoms. The highest BCUT2D eigenvalue weighted by atomic mass is 19.2. The maximum absolute atomic E-state index is 12.9. The maximum atomic E-state index is 12.9. The molecule has 1 aliphatic heterocycles. The molecule has 1 aliphatic rings. The van der Waals surface area contributed by atoms with Crippen LogP contribution in [-0.2, 0) is 11.3 Å². The highest BCUT2D eigenvalue weighted by Gasteiger charge is 2.40. The molecule has 0 bridgehead atoms. The summed E-state index contributed by atoms with van der Waals surface area (Å²) in [6, 6.07) is 9.16. The van der Waals surface area contributed by atoms with Crippen molar-refractivity contribution in [1.82, 2.24) is 4.90 Å². The number of carbonyl (C=O) groups is 1. The molecule has 1 saturated heterocycles. The third kappa shape index (κ3) is 1.98. The van der Waals surface area contributed by atoms with Crippen LogP contribution in [0.4, 0.5) is 8.78 Å². The second-order valence-corrected chi connectivity index (χ2v) is 3.62. The Hall–Kier alpha value is -1.45. The van der Waals surface area contributed by atoms with Crippen molar-refractivity contribution in [2.75, 3.05) is 6.54 Å². The van der Waals surface area contributed by atoms with Crippen LogP contribution in [0.5, 0.6) is 0 Å². The predicted octanol–water partition coefficient (Wildman–Crippen LogP) is 1.71. The highest BCUT2D eigenvalue weighted by Crippen LogP contribution is 2.20. The number of amides is 1. The minimum atomic E-state index is -1.98. The van der Waals surface area contributed by atoms with Crippen molar-refractivity contribution in [2.45, 2.75) is 18.9 Å². The topological polar surface area (TPSA) is 20.3 Å². The Kier molecular flexibility index (Phi) is 2.66. The van der Waals surface area contributed by atoms with Gasteiger partial charge in [0.2, 0.25) is 6.17 Å². The van der Waals surface area contributed by atoms with Gasteiger partial charge in [-0.3, -0.25) is 4.79 Å². The van der Waals surface area contributed by atoms with Crippen LogP contribution in [0.2, 0.25) is 0 Å². The van der Waals surface area contributed by atoms with E-state index in [4.69, 9.17) is 0 Å². The zero-order valence-electron chi connectivity index (χ0n) is 8.07. The van der Waals surface area contributed by atoms with Gasteiger partial charge in [0.1, 0.15) is 0 Å². The molecule has 1 aromatic rings. The summed E-state index contributed by atoms with van der Waals surface area (Å²) in [6.07, 6.45) is -3.66. The number of rotatable bonds is 2. The van der Waals surface area contributed by atoms with Crippen molar-refractivity contribution in [1.29, 1.82) is 0 Å². The molecule has 0 saturated carbocycles. The van der Waals surface area contributed by atoms with Crippen LogP contribution in [0.25, 0.3) is 0 Å². The van der Waals surface area contributed by atoms with Gasteiger partial charge < -0.3 is 4.90 Å². The van der Waals surface area contributed by atoms with Crippen molar-refractivity contribution < 1.29 is 13.6 Å². The molecule has 2 atom stereocenters. The minimum Gasteiger partial charge on any atom is -0.333 e. The molecule has 2 unspecified atom stereocenters. The third-order valence-electron chi connectivity index (χ3n) is 2.48. The lowest BCUT2D eigenvalue weighted by Gasteiger charge is -2.14. The Bertz CT molecular complexity index is 355. The molecule has 80 valence electrons. The highest BCUT2D eigenvalue weighted by molar-refractivity contribution is 5.83. The van der Waals surface area contributed by atoms with Crippen molar-refractivity contribution in [3.63, 3.8) is 0 Å². The van der Waals surface area contributed by atoms with E-state index in [1.807, 2.05) is 30.3 Å². The first-order valence-corrected chi connectivity index (χ1v) is 4.79. The van der Waals surface area contributed by atoms with E-state index < -0.39 is 18.3 Å². The molecule has 4 heteroatoms. The summed E-state index contributed by atoms with van der Waals surface area (Å²) in [6.45, 7) is 0.134. The summed E-state index contributed by atoms with van der Waals surface area (Å²) in [5.41, 5.74) is 0.882. The van der Waals surface area contributed by atoms with Crippen molar-refractivity contribution in [3.05, 3.63) is 35.9 Å². The average molecular weight is 211 g/mol. The zero-order chi connectivity index (χ0) is 10.8. The van der Waals surface area contributed by atoms with Gasteiger partial charge in [-0.15, -0.1) is 0 Å². The Labute approximate surface area is 86.5 Å². The SMILES string of the molecule is O=C1C(F)C(F)CN1Cc1ccccc1. The van der Waals surface area contributed by atoms with E-state index in [2.05, 4.69) is 0 Å². The molecule has 1 fully saturated rings.